The van der Waals surface area contributed by atoms with Crippen molar-refractivity contribution in [3.05, 3.63) is 41.0 Å². The van der Waals surface area contributed by atoms with E-state index in [1.165, 1.54) is 10.9 Å². The molecule has 2 aromatic rings. The first-order valence-electron chi connectivity index (χ1n) is 5.38. The van der Waals surface area contributed by atoms with Gasteiger partial charge in [-0.3, -0.25) is 9.48 Å². The molecule has 0 saturated carbocycles. The van der Waals surface area contributed by atoms with E-state index in [0.29, 0.717) is 16.5 Å². The Morgan fingerprint density at radius 2 is 2.11 bits per heavy atom. The van der Waals surface area contributed by atoms with Crippen molar-refractivity contribution < 1.29 is 4.79 Å². The fourth-order valence-corrected chi connectivity index (χ4v) is 1.70. The normalized spacial score (nSPS) is 10.3. The predicted molar refractivity (Wildman–Crippen MR) is 71.4 cm³/mol. The third kappa shape index (κ3) is 2.81. The Bertz CT molecular complexity index is 542. The van der Waals surface area contributed by atoms with Gasteiger partial charge in [-0.25, -0.2) is 0 Å². The number of rotatable bonds is 3. The number of amides is 1. The summed E-state index contributed by atoms with van der Waals surface area (Å²) in [6.07, 6.45) is 1.76. The highest BCUT2D eigenvalue weighted by atomic mass is 35.5. The van der Waals surface area contributed by atoms with E-state index < -0.39 is 0 Å². The van der Waals surface area contributed by atoms with Crippen LogP contribution >= 0.6 is 11.6 Å². The van der Waals surface area contributed by atoms with Gasteiger partial charge in [0.05, 0.1) is 18.3 Å². The highest BCUT2D eigenvalue weighted by Gasteiger charge is 2.10. The van der Waals surface area contributed by atoms with Crippen LogP contribution < -0.4 is 11.1 Å². The van der Waals surface area contributed by atoms with Crippen LogP contribution in [0.3, 0.4) is 0 Å². The van der Waals surface area contributed by atoms with Gasteiger partial charge in [-0.05, 0) is 17.7 Å². The number of carbonyl (C=O) groups excluding carboxylic acids is 1. The molecule has 0 aliphatic carbocycles. The number of hydrogen-bond donors (Lipinski definition) is 2. The number of halogens is 1. The molecule has 0 aliphatic rings. The summed E-state index contributed by atoms with van der Waals surface area (Å²) in [6, 6.07) is 7.13. The maximum atomic E-state index is 11.8. The molecule has 6 heteroatoms. The van der Waals surface area contributed by atoms with Crippen LogP contribution in [0, 0.1) is 0 Å². The van der Waals surface area contributed by atoms with Gasteiger partial charge in [-0.1, -0.05) is 23.7 Å². The molecule has 0 spiro atoms. The number of anilines is 2. The summed E-state index contributed by atoms with van der Waals surface area (Å²) in [5, 5.41) is 7.32. The second kappa shape index (κ2) is 5.10. The monoisotopic (exact) mass is 264 g/mol. The Morgan fingerprint density at radius 1 is 1.44 bits per heavy atom. The molecule has 3 N–H and O–H groups in total. The van der Waals surface area contributed by atoms with Gasteiger partial charge < -0.3 is 11.1 Å². The Balaban J connectivity index is 2.03. The molecule has 0 fully saturated rings. The molecule has 5 nitrogen and oxygen atoms in total. The number of nitrogens with one attached hydrogen (secondary N) is 1. The van der Waals surface area contributed by atoms with Crippen LogP contribution in [-0.4, -0.2) is 15.7 Å². The van der Waals surface area contributed by atoms with E-state index in [1.54, 1.807) is 19.2 Å². The lowest BCUT2D eigenvalue weighted by atomic mass is 10.1. The molecule has 0 unspecified atom stereocenters. The summed E-state index contributed by atoms with van der Waals surface area (Å²) < 4.78 is 1.52. The lowest BCUT2D eigenvalue weighted by Gasteiger charge is -2.06. The van der Waals surface area contributed by atoms with Crippen molar-refractivity contribution in [3.8, 4) is 0 Å². The number of nitrogens with zero attached hydrogens (tertiary/aromatic N) is 2. The summed E-state index contributed by atoms with van der Waals surface area (Å²) in [6.45, 7) is 0. The van der Waals surface area contributed by atoms with Crippen LogP contribution in [0.5, 0.6) is 0 Å². The van der Waals surface area contributed by atoms with Crippen molar-refractivity contribution >= 4 is 29.0 Å². The SMILES string of the molecule is Cn1ncc(N)c1NC(=O)Cc1ccc(Cl)cc1. The third-order valence-electron chi connectivity index (χ3n) is 2.50. The van der Waals surface area contributed by atoms with Gasteiger partial charge >= 0.3 is 0 Å². The molecule has 0 saturated heterocycles. The standard InChI is InChI=1S/C12H13ClN4O/c1-17-12(10(14)7-15-17)16-11(18)6-8-2-4-9(13)5-3-8/h2-5,7H,6,14H2,1H3,(H,16,18). The highest BCUT2D eigenvalue weighted by molar-refractivity contribution is 6.30. The van der Waals surface area contributed by atoms with Crippen molar-refractivity contribution in [2.45, 2.75) is 6.42 Å². The van der Waals surface area contributed by atoms with E-state index >= 15 is 0 Å². The maximum absolute atomic E-state index is 11.8. The number of carbonyl (C=O) groups is 1. The van der Waals surface area contributed by atoms with Crippen molar-refractivity contribution in [1.82, 2.24) is 9.78 Å². The van der Waals surface area contributed by atoms with Crippen molar-refractivity contribution in [2.75, 3.05) is 11.1 Å². The molecule has 0 atom stereocenters. The molecular formula is C12H13ClN4O. The van der Waals surface area contributed by atoms with E-state index in [-0.39, 0.29) is 12.3 Å². The first-order chi connectivity index (χ1) is 8.56. The van der Waals surface area contributed by atoms with Crippen LogP contribution in [0.2, 0.25) is 5.02 Å². The van der Waals surface area contributed by atoms with Gasteiger partial charge in [0.1, 0.15) is 0 Å². The first-order valence-corrected chi connectivity index (χ1v) is 5.76. The number of nitrogen functional groups attached to an aromatic ring is 1. The van der Waals surface area contributed by atoms with Crippen LogP contribution in [0.4, 0.5) is 11.5 Å². The second-order valence-electron chi connectivity index (χ2n) is 3.92. The topological polar surface area (TPSA) is 72.9 Å². The van der Waals surface area contributed by atoms with Crippen LogP contribution in [0.25, 0.3) is 0 Å². The summed E-state index contributed by atoms with van der Waals surface area (Å²) in [7, 11) is 1.72. The largest absolute Gasteiger partial charge is 0.394 e. The quantitative estimate of drug-likeness (QED) is 0.888. The molecule has 1 heterocycles. The average molecular weight is 265 g/mol. The molecule has 18 heavy (non-hydrogen) atoms. The van der Waals surface area contributed by atoms with E-state index in [0.717, 1.165) is 5.56 Å². The Morgan fingerprint density at radius 3 is 2.67 bits per heavy atom. The number of aryl methyl sites for hydroxylation is 1. The van der Waals surface area contributed by atoms with Crippen LogP contribution in [0.15, 0.2) is 30.5 Å². The van der Waals surface area contributed by atoms with Gasteiger partial charge in [0.15, 0.2) is 5.82 Å². The summed E-state index contributed by atoms with van der Waals surface area (Å²) in [4.78, 5) is 11.8. The Hall–Kier alpha value is -2.01. The van der Waals surface area contributed by atoms with E-state index in [4.69, 9.17) is 17.3 Å². The molecule has 0 bridgehead atoms. The second-order valence-corrected chi connectivity index (χ2v) is 4.36. The van der Waals surface area contributed by atoms with E-state index in [9.17, 15) is 4.79 Å². The maximum Gasteiger partial charge on any atom is 0.229 e. The number of nitrogens with two attached hydrogens (primary N) is 1. The third-order valence-corrected chi connectivity index (χ3v) is 2.75. The minimum atomic E-state index is -0.146. The van der Waals surface area contributed by atoms with Gasteiger partial charge in [0.2, 0.25) is 5.91 Å². The molecule has 1 aromatic carbocycles. The van der Waals surface area contributed by atoms with E-state index in [1.807, 2.05) is 12.1 Å². The number of benzene rings is 1. The molecule has 0 radical (unpaired) electrons. The summed E-state index contributed by atoms with van der Waals surface area (Å²) >= 11 is 5.78. The van der Waals surface area contributed by atoms with Gasteiger partial charge in [0, 0.05) is 12.1 Å². The Labute approximate surface area is 110 Å². The van der Waals surface area contributed by atoms with Gasteiger partial charge in [0.25, 0.3) is 0 Å². The number of aromatic nitrogens is 2. The van der Waals surface area contributed by atoms with Crippen molar-refractivity contribution in [2.24, 2.45) is 7.05 Å². The van der Waals surface area contributed by atoms with Crippen LogP contribution in [-0.2, 0) is 18.3 Å². The lowest BCUT2D eigenvalue weighted by Crippen LogP contribution is -2.17. The predicted octanol–water partition coefficient (Wildman–Crippen LogP) is 1.84. The van der Waals surface area contributed by atoms with E-state index in [2.05, 4.69) is 10.4 Å². The average Bonchev–Trinajstić information content (AvgIpc) is 2.64. The fraction of sp³-hybridized carbons (Fsp3) is 0.167. The van der Waals surface area contributed by atoms with Crippen LogP contribution in [0.1, 0.15) is 5.56 Å². The zero-order chi connectivity index (χ0) is 13.1. The molecule has 94 valence electrons. The fourth-order valence-electron chi connectivity index (χ4n) is 1.57. The molecule has 1 aromatic heterocycles. The number of hydrogen-bond acceptors (Lipinski definition) is 3. The lowest BCUT2D eigenvalue weighted by molar-refractivity contribution is -0.115. The van der Waals surface area contributed by atoms with Gasteiger partial charge in [-0.2, -0.15) is 5.10 Å². The van der Waals surface area contributed by atoms with Crippen molar-refractivity contribution in [1.29, 1.82) is 0 Å². The zero-order valence-electron chi connectivity index (χ0n) is 9.85. The minimum absolute atomic E-state index is 0.146. The summed E-state index contributed by atoms with van der Waals surface area (Å²) in [5.74, 6) is 0.363. The molecule has 0 aliphatic heterocycles. The smallest absolute Gasteiger partial charge is 0.229 e. The Kier molecular flexibility index (Phi) is 3.53. The first kappa shape index (κ1) is 12.4. The molecule has 2 rings (SSSR count). The highest BCUT2D eigenvalue weighted by Crippen LogP contribution is 2.16. The minimum Gasteiger partial charge on any atom is -0.394 e. The zero-order valence-corrected chi connectivity index (χ0v) is 10.6. The summed E-state index contributed by atoms with van der Waals surface area (Å²) in [5.41, 5.74) is 7.02. The van der Waals surface area contributed by atoms with Crippen molar-refractivity contribution in [3.63, 3.8) is 0 Å². The molecule has 1 amide bonds. The molecular weight excluding hydrogens is 252 g/mol. The van der Waals surface area contributed by atoms with Gasteiger partial charge in [-0.15, -0.1) is 0 Å².